The Morgan fingerprint density at radius 2 is 1.22 bits per heavy atom. The van der Waals surface area contributed by atoms with E-state index in [0.717, 1.165) is 6.42 Å². The molecule has 0 bridgehead atoms. The van der Waals surface area contributed by atoms with Gasteiger partial charge in [0.1, 0.15) is 0 Å². The zero-order valence-corrected chi connectivity index (χ0v) is 12.6. The van der Waals surface area contributed by atoms with E-state index in [1.54, 1.807) is 0 Å². The van der Waals surface area contributed by atoms with Gasteiger partial charge in [-0.1, -0.05) is 55.5 Å². The molecule has 18 heavy (non-hydrogen) atoms. The lowest BCUT2D eigenvalue weighted by atomic mass is 9.83. The maximum Gasteiger partial charge on any atom is 0.0347 e. The first kappa shape index (κ1) is 13.3. The molecule has 0 heterocycles. The van der Waals surface area contributed by atoms with Crippen LogP contribution in [0.1, 0.15) is 35.6 Å². The van der Waals surface area contributed by atoms with Crippen LogP contribution in [0, 0.1) is 13.8 Å². The fourth-order valence-electron chi connectivity index (χ4n) is 2.67. The van der Waals surface area contributed by atoms with Crippen LogP contribution in [0.4, 0.5) is 0 Å². The van der Waals surface area contributed by atoms with Crippen LogP contribution < -0.4 is 0 Å². The molecule has 0 aliphatic heterocycles. The van der Waals surface area contributed by atoms with Crippen LogP contribution in [-0.4, -0.2) is 0 Å². The van der Waals surface area contributed by atoms with Gasteiger partial charge in [0.15, 0.2) is 0 Å². The molecule has 0 fully saturated rings. The topological polar surface area (TPSA) is 0 Å². The molecule has 2 aromatic carbocycles. The molecule has 0 nitrogen and oxygen atoms in total. The highest BCUT2D eigenvalue weighted by Crippen LogP contribution is 2.44. The Hall–Kier alpha value is -1.13. The molecule has 2 aromatic rings. The molecular formula is C17H21P. The van der Waals surface area contributed by atoms with E-state index in [1.807, 2.05) is 0 Å². The van der Waals surface area contributed by atoms with Gasteiger partial charge in [-0.3, -0.25) is 0 Å². The van der Waals surface area contributed by atoms with Gasteiger partial charge in [0.25, 0.3) is 0 Å². The molecule has 0 aromatic heterocycles. The zero-order valence-electron chi connectivity index (χ0n) is 11.4. The first-order valence-electron chi connectivity index (χ1n) is 6.50. The molecule has 1 heteroatoms. The molecule has 0 amide bonds. The summed E-state index contributed by atoms with van der Waals surface area (Å²) >= 11 is 0. The van der Waals surface area contributed by atoms with E-state index in [0.29, 0.717) is 0 Å². The van der Waals surface area contributed by atoms with E-state index < -0.39 is 0 Å². The Morgan fingerprint density at radius 3 is 1.56 bits per heavy atom. The van der Waals surface area contributed by atoms with Crippen molar-refractivity contribution in [2.45, 2.75) is 32.3 Å². The Labute approximate surface area is 113 Å². The number of aryl methyl sites for hydroxylation is 2. The van der Waals surface area contributed by atoms with Gasteiger partial charge < -0.3 is 0 Å². The zero-order chi connectivity index (χ0) is 13.2. The summed E-state index contributed by atoms with van der Waals surface area (Å²) in [7, 11) is 3.09. The van der Waals surface area contributed by atoms with E-state index in [1.165, 1.54) is 22.3 Å². The van der Waals surface area contributed by atoms with Crippen LogP contribution in [0.3, 0.4) is 0 Å². The van der Waals surface area contributed by atoms with Crippen LogP contribution >= 0.6 is 9.24 Å². The number of benzene rings is 2. The standard InChI is InChI=1S/C17H21P/c1-4-17(18,15-11-7-5-9-13(15)2)16-12-8-6-10-14(16)3/h5-12H,4,18H2,1-3H3. The van der Waals surface area contributed by atoms with Gasteiger partial charge in [-0.05, 0) is 42.5 Å². The minimum absolute atomic E-state index is 0.0245. The average Bonchev–Trinajstić information content (AvgIpc) is 2.39. The van der Waals surface area contributed by atoms with Crippen molar-refractivity contribution < 1.29 is 0 Å². The molecule has 0 aliphatic rings. The normalized spacial score (nSPS) is 11.6. The van der Waals surface area contributed by atoms with E-state index in [2.05, 4.69) is 78.5 Å². The summed E-state index contributed by atoms with van der Waals surface area (Å²) in [4.78, 5) is 0. The van der Waals surface area contributed by atoms with Crippen LogP contribution in [0.5, 0.6) is 0 Å². The quantitative estimate of drug-likeness (QED) is 0.690. The van der Waals surface area contributed by atoms with Gasteiger partial charge in [0.2, 0.25) is 0 Å². The second kappa shape index (κ2) is 5.24. The summed E-state index contributed by atoms with van der Waals surface area (Å²) < 4.78 is 0. The van der Waals surface area contributed by atoms with Gasteiger partial charge >= 0.3 is 0 Å². The predicted molar refractivity (Wildman–Crippen MR) is 83.1 cm³/mol. The van der Waals surface area contributed by atoms with Gasteiger partial charge in [-0.15, -0.1) is 9.24 Å². The fourth-order valence-corrected chi connectivity index (χ4v) is 3.32. The SMILES string of the molecule is CCC(P)(c1ccccc1C)c1ccccc1C. The largest absolute Gasteiger partial charge is 0.122 e. The predicted octanol–water partition coefficient (Wildman–Crippen LogP) is 4.83. The average molecular weight is 256 g/mol. The highest BCUT2D eigenvalue weighted by molar-refractivity contribution is 7.19. The lowest BCUT2D eigenvalue weighted by molar-refractivity contribution is 0.700. The molecule has 0 radical (unpaired) electrons. The van der Waals surface area contributed by atoms with Gasteiger partial charge in [-0.25, -0.2) is 0 Å². The minimum Gasteiger partial charge on any atom is -0.122 e. The van der Waals surface area contributed by atoms with Crippen molar-refractivity contribution in [2.24, 2.45) is 0 Å². The number of hydrogen-bond donors (Lipinski definition) is 0. The third kappa shape index (κ3) is 2.22. The summed E-state index contributed by atoms with van der Waals surface area (Å²) in [5, 5.41) is 0.0245. The molecule has 94 valence electrons. The Kier molecular flexibility index (Phi) is 3.88. The second-order valence-corrected chi connectivity index (χ2v) is 5.94. The molecule has 0 aliphatic carbocycles. The summed E-state index contributed by atoms with van der Waals surface area (Å²) in [6.45, 7) is 6.65. The van der Waals surface area contributed by atoms with Gasteiger partial charge in [0.05, 0.1) is 0 Å². The molecule has 0 saturated heterocycles. The highest BCUT2D eigenvalue weighted by Gasteiger charge is 2.29. The van der Waals surface area contributed by atoms with Crippen molar-refractivity contribution in [3.05, 3.63) is 70.8 Å². The molecule has 1 unspecified atom stereocenters. The minimum atomic E-state index is 0.0245. The van der Waals surface area contributed by atoms with Crippen molar-refractivity contribution in [1.82, 2.24) is 0 Å². The molecule has 0 N–H and O–H groups in total. The maximum atomic E-state index is 3.09. The molecule has 1 atom stereocenters. The summed E-state index contributed by atoms with van der Waals surface area (Å²) in [5.74, 6) is 0. The van der Waals surface area contributed by atoms with Crippen molar-refractivity contribution in [3.8, 4) is 0 Å². The van der Waals surface area contributed by atoms with Crippen molar-refractivity contribution in [2.75, 3.05) is 0 Å². The van der Waals surface area contributed by atoms with Crippen LogP contribution in [-0.2, 0) is 5.16 Å². The summed E-state index contributed by atoms with van der Waals surface area (Å²) in [6, 6.07) is 17.4. The van der Waals surface area contributed by atoms with E-state index in [-0.39, 0.29) is 5.16 Å². The first-order valence-corrected chi connectivity index (χ1v) is 7.08. The third-order valence-electron chi connectivity index (χ3n) is 3.81. The summed E-state index contributed by atoms with van der Waals surface area (Å²) in [6.07, 6.45) is 1.08. The molecule has 0 spiro atoms. The van der Waals surface area contributed by atoms with Crippen LogP contribution in [0.15, 0.2) is 48.5 Å². The third-order valence-corrected chi connectivity index (χ3v) is 4.84. The monoisotopic (exact) mass is 256 g/mol. The van der Waals surface area contributed by atoms with E-state index in [9.17, 15) is 0 Å². The molecular weight excluding hydrogens is 235 g/mol. The molecule has 2 rings (SSSR count). The molecule has 0 saturated carbocycles. The Balaban J connectivity index is 2.63. The van der Waals surface area contributed by atoms with Gasteiger partial charge in [0, 0.05) is 5.16 Å². The lowest BCUT2D eigenvalue weighted by Crippen LogP contribution is -2.21. The maximum absolute atomic E-state index is 3.09. The smallest absolute Gasteiger partial charge is 0.0347 e. The van der Waals surface area contributed by atoms with Crippen LogP contribution in [0.2, 0.25) is 0 Å². The summed E-state index contributed by atoms with van der Waals surface area (Å²) in [5.41, 5.74) is 5.54. The van der Waals surface area contributed by atoms with E-state index >= 15 is 0 Å². The second-order valence-electron chi connectivity index (χ2n) is 4.95. The lowest BCUT2D eigenvalue weighted by Gasteiger charge is -2.32. The van der Waals surface area contributed by atoms with Crippen molar-refractivity contribution in [3.63, 3.8) is 0 Å². The van der Waals surface area contributed by atoms with Crippen molar-refractivity contribution >= 4 is 9.24 Å². The highest BCUT2D eigenvalue weighted by atomic mass is 31.0. The Bertz CT molecular complexity index is 497. The first-order chi connectivity index (χ1) is 8.59. The number of rotatable bonds is 3. The Morgan fingerprint density at radius 1 is 0.833 bits per heavy atom. The van der Waals surface area contributed by atoms with Crippen LogP contribution in [0.25, 0.3) is 0 Å². The number of hydrogen-bond acceptors (Lipinski definition) is 0. The fraction of sp³-hybridized carbons (Fsp3) is 0.294. The van der Waals surface area contributed by atoms with E-state index in [4.69, 9.17) is 0 Å². The van der Waals surface area contributed by atoms with Gasteiger partial charge in [-0.2, -0.15) is 0 Å². The van der Waals surface area contributed by atoms with Crippen molar-refractivity contribution in [1.29, 1.82) is 0 Å².